The van der Waals surface area contributed by atoms with Crippen molar-refractivity contribution in [3.05, 3.63) is 41.4 Å². The van der Waals surface area contributed by atoms with Crippen LogP contribution in [-0.2, 0) is 38.4 Å². The van der Waals surface area contributed by atoms with E-state index in [1.165, 1.54) is 0 Å². The number of H-pyrrole nitrogens is 1. The fraction of sp³-hybridized carbons (Fsp3) is 0.458. The molecule has 1 spiro atoms. The van der Waals surface area contributed by atoms with Crippen LogP contribution in [0, 0.1) is 11.2 Å². The van der Waals surface area contributed by atoms with E-state index in [1.54, 1.807) is 30.4 Å². The van der Waals surface area contributed by atoms with Crippen molar-refractivity contribution >= 4 is 34.3 Å². The summed E-state index contributed by atoms with van der Waals surface area (Å²) in [7, 11) is 0. The van der Waals surface area contributed by atoms with Crippen molar-refractivity contribution in [3.63, 3.8) is 0 Å². The van der Waals surface area contributed by atoms with Crippen LogP contribution in [-0.4, -0.2) is 57.5 Å². The first-order valence-corrected chi connectivity index (χ1v) is 11.7. The number of benzene rings is 1. The van der Waals surface area contributed by atoms with Crippen LogP contribution in [0.1, 0.15) is 37.2 Å². The molecular formula is C24H24FN5O5. The highest BCUT2D eigenvalue weighted by molar-refractivity contribution is 6.22. The van der Waals surface area contributed by atoms with Crippen LogP contribution in [0.2, 0.25) is 0 Å². The predicted molar refractivity (Wildman–Crippen MR) is 120 cm³/mol. The molecule has 10 nitrogen and oxygen atoms in total. The predicted octanol–water partition coefficient (Wildman–Crippen LogP) is 1.62. The standard InChI is InChI=1S/C24H24FN5O5/c1-11-9-30-20-13(7-24(22(30)12(2)34-11)17(31)6-18(32)28-23(24)33)5-15-16(29-35-21(15)19(20)25)4-3-14-8-26-10-27-14/h5,8,10-12,22H,3-4,6-7,9H2,1-2H3,(H,26,27)(H,28,32,33)/t11-,12+,22-,24?/m1/s1. The minimum absolute atomic E-state index is 0.0401. The van der Waals surface area contributed by atoms with Crippen LogP contribution in [0.5, 0.6) is 0 Å². The van der Waals surface area contributed by atoms with Gasteiger partial charge in [-0.2, -0.15) is 0 Å². The van der Waals surface area contributed by atoms with E-state index in [2.05, 4.69) is 20.4 Å². The molecule has 6 rings (SSSR count). The topological polar surface area (TPSA) is 130 Å². The van der Waals surface area contributed by atoms with E-state index < -0.39 is 47.4 Å². The zero-order chi connectivity index (χ0) is 24.5. The summed E-state index contributed by atoms with van der Waals surface area (Å²) in [5.41, 5.74) is 0.769. The number of aromatic nitrogens is 3. The molecule has 2 fully saturated rings. The molecule has 0 aliphatic carbocycles. The van der Waals surface area contributed by atoms with E-state index in [-0.39, 0.29) is 24.7 Å². The summed E-state index contributed by atoms with van der Waals surface area (Å²) in [4.78, 5) is 47.5. The number of carbonyl (C=O) groups is 3. The van der Waals surface area contributed by atoms with Gasteiger partial charge in [0.2, 0.25) is 17.4 Å². The number of Topliss-reactive ketones (excluding diaryl/α,β-unsaturated/α-hetero) is 1. The lowest BCUT2D eigenvalue weighted by Crippen LogP contribution is -2.72. The Morgan fingerprint density at radius 1 is 1.26 bits per heavy atom. The Hall–Kier alpha value is -3.60. The number of hydrogen-bond donors (Lipinski definition) is 2. The molecule has 4 atom stereocenters. The summed E-state index contributed by atoms with van der Waals surface area (Å²) in [5.74, 6) is -2.32. The Bertz CT molecular complexity index is 1350. The average Bonchev–Trinajstić information content (AvgIpc) is 3.45. The van der Waals surface area contributed by atoms with Crippen LogP contribution >= 0.6 is 0 Å². The van der Waals surface area contributed by atoms with Gasteiger partial charge in [0.25, 0.3) is 0 Å². The molecule has 5 heterocycles. The molecule has 3 aliphatic heterocycles. The first-order chi connectivity index (χ1) is 16.8. The molecule has 2 amide bonds. The monoisotopic (exact) mass is 481 g/mol. The van der Waals surface area contributed by atoms with Crippen molar-refractivity contribution in [2.45, 2.75) is 57.8 Å². The number of ether oxygens (including phenoxy) is 1. The van der Waals surface area contributed by atoms with Gasteiger partial charge in [-0.3, -0.25) is 19.7 Å². The highest BCUT2D eigenvalue weighted by Crippen LogP contribution is 2.50. The van der Waals surface area contributed by atoms with Gasteiger partial charge in [-0.1, -0.05) is 5.16 Å². The number of imide groups is 1. The number of anilines is 1. The molecule has 1 aromatic carbocycles. The smallest absolute Gasteiger partial charge is 0.242 e. The number of amides is 2. The third-order valence-corrected chi connectivity index (χ3v) is 7.44. The average molecular weight is 481 g/mol. The van der Waals surface area contributed by atoms with Crippen molar-refractivity contribution in [2.24, 2.45) is 5.41 Å². The van der Waals surface area contributed by atoms with Gasteiger partial charge in [0.05, 0.1) is 42.4 Å². The van der Waals surface area contributed by atoms with Gasteiger partial charge in [0.15, 0.2) is 11.6 Å². The number of nitrogens with one attached hydrogen (secondary N) is 2. The molecule has 2 aromatic heterocycles. The lowest BCUT2D eigenvalue weighted by Gasteiger charge is -2.55. The number of aromatic amines is 1. The summed E-state index contributed by atoms with van der Waals surface area (Å²) in [5, 5.41) is 6.97. The second-order valence-corrected chi connectivity index (χ2v) is 9.66. The molecule has 0 saturated carbocycles. The fourth-order valence-corrected chi connectivity index (χ4v) is 6.05. The summed E-state index contributed by atoms with van der Waals surface area (Å²) < 4.78 is 27.5. The molecule has 1 unspecified atom stereocenters. The number of morpholine rings is 1. The largest absolute Gasteiger partial charge is 0.372 e. The number of rotatable bonds is 3. The highest BCUT2D eigenvalue weighted by Gasteiger charge is 2.62. The van der Waals surface area contributed by atoms with Gasteiger partial charge in [0.1, 0.15) is 5.41 Å². The molecule has 0 bridgehead atoms. The summed E-state index contributed by atoms with van der Waals surface area (Å²) >= 11 is 0. The van der Waals surface area contributed by atoms with E-state index in [4.69, 9.17) is 9.26 Å². The second kappa shape index (κ2) is 7.70. The number of ketones is 1. The Morgan fingerprint density at radius 3 is 2.83 bits per heavy atom. The van der Waals surface area contributed by atoms with Crippen molar-refractivity contribution < 1.29 is 28.0 Å². The molecular weight excluding hydrogens is 457 g/mol. The van der Waals surface area contributed by atoms with Crippen LogP contribution < -0.4 is 10.2 Å². The summed E-state index contributed by atoms with van der Waals surface area (Å²) in [6.07, 6.45) is 3.14. The number of fused-ring (bicyclic) bond motifs is 5. The number of nitrogens with zero attached hydrogens (tertiary/aromatic N) is 3. The second-order valence-electron chi connectivity index (χ2n) is 9.66. The maximum atomic E-state index is 16.0. The third-order valence-electron chi connectivity index (χ3n) is 7.44. The Morgan fingerprint density at radius 2 is 2.09 bits per heavy atom. The van der Waals surface area contributed by atoms with E-state index >= 15 is 4.39 Å². The Balaban J connectivity index is 1.50. The quantitative estimate of drug-likeness (QED) is 0.426. The van der Waals surface area contributed by atoms with Crippen molar-refractivity contribution in [3.8, 4) is 0 Å². The number of aryl methyl sites for hydroxylation is 2. The van der Waals surface area contributed by atoms with Crippen LogP contribution in [0.15, 0.2) is 23.1 Å². The zero-order valence-electron chi connectivity index (χ0n) is 19.3. The fourth-order valence-electron chi connectivity index (χ4n) is 6.05. The molecule has 2 saturated heterocycles. The third kappa shape index (κ3) is 3.14. The maximum Gasteiger partial charge on any atom is 0.242 e. The molecule has 182 valence electrons. The molecule has 3 aromatic rings. The van der Waals surface area contributed by atoms with Crippen LogP contribution in [0.4, 0.5) is 10.1 Å². The van der Waals surface area contributed by atoms with Crippen molar-refractivity contribution in [1.82, 2.24) is 20.4 Å². The number of imidazole rings is 1. The zero-order valence-corrected chi connectivity index (χ0v) is 19.3. The van der Waals surface area contributed by atoms with E-state index in [0.29, 0.717) is 35.2 Å². The molecule has 3 aliphatic rings. The lowest BCUT2D eigenvalue weighted by atomic mass is 9.63. The summed E-state index contributed by atoms with van der Waals surface area (Å²) in [6, 6.07) is 1.01. The molecule has 2 N–H and O–H groups in total. The van der Waals surface area contributed by atoms with Crippen LogP contribution in [0.3, 0.4) is 0 Å². The molecule has 35 heavy (non-hydrogen) atoms. The van der Waals surface area contributed by atoms with E-state index in [9.17, 15) is 14.4 Å². The van der Waals surface area contributed by atoms with E-state index in [0.717, 1.165) is 5.69 Å². The normalized spacial score (nSPS) is 28.4. The SMILES string of the molecule is C[C@@H]1CN2c3c(cc4c(CCc5cnc[nH]5)noc4c3F)CC3(C(=O)CC(=O)NC3=O)[C@H]2[C@H](C)O1. The van der Waals surface area contributed by atoms with Gasteiger partial charge in [0, 0.05) is 23.8 Å². The minimum Gasteiger partial charge on any atom is -0.372 e. The molecule has 0 radical (unpaired) electrons. The maximum absolute atomic E-state index is 16.0. The number of hydrogen-bond acceptors (Lipinski definition) is 8. The molecule has 11 heteroatoms. The first-order valence-electron chi connectivity index (χ1n) is 11.7. The highest BCUT2D eigenvalue weighted by atomic mass is 19.1. The number of piperidine rings is 1. The number of carbonyl (C=O) groups excluding carboxylic acids is 3. The van der Waals surface area contributed by atoms with Gasteiger partial charge < -0.3 is 19.1 Å². The summed E-state index contributed by atoms with van der Waals surface area (Å²) in [6.45, 7) is 3.91. The van der Waals surface area contributed by atoms with E-state index in [1.807, 2.05) is 6.92 Å². The van der Waals surface area contributed by atoms with Gasteiger partial charge in [-0.25, -0.2) is 9.37 Å². The Labute approximate surface area is 199 Å². The van der Waals surface area contributed by atoms with Gasteiger partial charge in [-0.15, -0.1) is 0 Å². The number of halogens is 1. The van der Waals surface area contributed by atoms with Gasteiger partial charge >= 0.3 is 0 Å². The lowest BCUT2D eigenvalue weighted by molar-refractivity contribution is -0.158. The van der Waals surface area contributed by atoms with Crippen molar-refractivity contribution in [2.75, 3.05) is 11.4 Å². The van der Waals surface area contributed by atoms with Gasteiger partial charge in [-0.05, 0) is 44.7 Å². The Kier molecular flexibility index (Phi) is 4.82. The van der Waals surface area contributed by atoms with Crippen molar-refractivity contribution in [1.29, 1.82) is 0 Å². The minimum atomic E-state index is -1.56. The first kappa shape index (κ1) is 21.9. The van der Waals surface area contributed by atoms with Crippen LogP contribution in [0.25, 0.3) is 11.0 Å².